The summed E-state index contributed by atoms with van der Waals surface area (Å²) in [5, 5.41) is 6.38. The largest absolute Gasteiger partial charge is 0.444 e. The number of piperazine rings is 1. The summed E-state index contributed by atoms with van der Waals surface area (Å²) in [7, 11) is 2.14. The van der Waals surface area contributed by atoms with Gasteiger partial charge in [-0.2, -0.15) is 0 Å². The number of hydrogen-bond acceptors (Lipinski definition) is 4. The van der Waals surface area contributed by atoms with Gasteiger partial charge >= 0.3 is 6.09 Å². The summed E-state index contributed by atoms with van der Waals surface area (Å²) in [5.74, 6) is 0. The lowest BCUT2D eigenvalue weighted by atomic mass is 10.0. The molecule has 0 saturated carbocycles. The zero-order valence-electron chi connectivity index (χ0n) is 11.2. The molecule has 1 amide bonds. The second-order valence-electron chi connectivity index (χ2n) is 6.29. The van der Waals surface area contributed by atoms with Gasteiger partial charge in [-0.3, -0.25) is 0 Å². The van der Waals surface area contributed by atoms with Gasteiger partial charge in [0, 0.05) is 25.7 Å². The van der Waals surface area contributed by atoms with Gasteiger partial charge in [0.05, 0.1) is 5.54 Å². The zero-order valence-corrected chi connectivity index (χ0v) is 11.2. The maximum Gasteiger partial charge on any atom is 0.407 e. The van der Waals surface area contributed by atoms with Crippen molar-refractivity contribution < 1.29 is 9.53 Å². The average molecular weight is 241 g/mol. The Labute approximate surface area is 103 Å². The van der Waals surface area contributed by atoms with Crippen LogP contribution < -0.4 is 10.6 Å². The SMILES string of the molecule is CN1CC2(CNC(=O)OC(C)(C)C)CC1CN2. The predicted molar refractivity (Wildman–Crippen MR) is 66.0 cm³/mol. The zero-order chi connectivity index (χ0) is 12.7. The topological polar surface area (TPSA) is 53.6 Å². The number of ether oxygens (including phenoxy) is 1. The molecule has 2 heterocycles. The molecule has 17 heavy (non-hydrogen) atoms. The Bertz CT molecular complexity index is 309. The number of carbonyl (C=O) groups is 1. The van der Waals surface area contributed by atoms with Gasteiger partial charge in [-0.15, -0.1) is 0 Å². The van der Waals surface area contributed by atoms with E-state index < -0.39 is 5.60 Å². The highest BCUT2D eigenvalue weighted by molar-refractivity contribution is 5.67. The quantitative estimate of drug-likeness (QED) is 0.741. The minimum Gasteiger partial charge on any atom is -0.444 e. The number of amides is 1. The van der Waals surface area contributed by atoms with Crippen molar-refractivity contribution in [3.63, 3.8) is 0 Å². The molecule has 0 aliphatic carbocycles. The van der Waals surface area contributed by atoms with Gasteiger partial charge < -0.3 is 20.3 Å². The maximum absolute atomic E-state index is 11.6. The minimum atomic E-state index is -0.431. The fourth-order valence-corrected chi connectivity index (χ4v) is 2.71. The molecule has 2 aliphatic heterocycles. The first kappa shape index (κ1) is 12.6. The number of likely N-dealkylation sites (N-methyl/N-ethyl adjacent to an activating group) is 1. The van der Waals surface area contributed by atoms with Crippen molar-refractivity contribution in [1.82, 2.24) is 15.5 Å². The number of likely N-dealkylation sites (tertiary alicyclic amines) is 1. The first-order valence-electron chi connectivity index (χ1n) is 6.22. The van der Waals surface area contributed by atoms with E-state index in [0.717, 1.165) is 19.5 Å². The lowest BCUT2D eigenvalue weighted by Gasteiger charge is -2.32. The Hall–Kier alpha value is -0.810. The molecule has 2 fully saturated rings. The number of alkyl carbamates (subject to hydrolysis) is 1. The second-order valence-corrected chi connectivity index (χ2v) is 6.29. The van der Waals surface area contributed by atoms with Crippen LogP contribution in [0.3, 0.4) is 0 Å². The van der Waals surface area contributed by atoms with Crippen molar-refractivity contribution in [3.05, 3.63) is 0 Å². The second kappa shape index (κ2) is 4.14. The highest BCUT2D eigenvalue weighted by Crippen LogP contribution is 2.30. The van der Waals surface area contributed by atoms with Crippen molar-refractivity contribution in [2.75, 3.05) is 26.7 Å². The summed E-state index contributed by atoms with van der Waals surface area (Å²) >= 11 is 0. The molecule has 2 unspecified atom stereocenters. The van der Waals surface area contributed by atoms with Crippen molar-refractivity contribution >= 4 is 6.09 Å². The molecule has 98 valence electrons. The molecule has 0 aromatic rings. The van der Waals surface area contributed by atoms with E-state index in [9.17, 15) is 4.79 Å². The molecule has 2 N–H and O–H groups in total. The highest BCUT2D eigenvalue weighted by atomic mass is 16.6. The van der Waals surface area contributed by atoms with E-state index in [1.807, 2.05) is 20.8 Å². The van der Waals surface area contributed by atoms with Crippen molar-refractivity contribution in [3.8, 4) is 0 Å². The Morgan fingerprint density at radius 3 is 2.76 bits per heavy atom. The number of nitrogens with one attached hydrogen (secondary N) is 2. The standard InChI is InChI=1S/C12H23N3O2/c1-11(2,3)17-10(16)13-7-12-5-9(6-14-12)15(4)8-12/h9,14H,5-8H2,1-4H3,(H,13,16). The van der Waals surface area contributed by atoms with Gasteiger partial charge in [-0.05, 0) is 34.2 Å². The Morgan fingerprint density at radius 2 is 2.29 bits per heavy atom. The van der Waals surface area contributed by atoms with E-state index in [-0.39, 0.29) is 11.6 Å². The Kier molecular flexibility index (Phi) is 3.08. The van der Waals surface area contributed by atoms with Crippen LogP contribution in [0.2, 0.25) is 0 Å². The van der Waals surface area contributed by atoms with Gasteiger partial charge in [-0.25, -0.2) is 4.79 Å². The molecule has 5 heteroatoms. The van der Waals surface area contributed by atoms with Crippen LogP contribution in [-0.2, 0) is 4.74 Å². The van der Waals surface area contributed by atoms with E-state index in [2.05, 4.69) is 22.6 Å². The molecule has 0 aromatic carbocycles. The third-order valence-corrected chi connectivity index (χ3v) is 3.48. The number of nitrogens with zero attached hydrogens (tertiary/aromatic N) is 1. The molecule has 2 rings (SSSR count). The van der Waals surface area contributed by atoms with Crippen LogP contribution in [0.4, 0.5) is 4.79 Å². The summed E-state index contributed by atoms with van der Waals surface area (Å²) in [4.78, 5) is 13.9. The van der Waals surface area contributed by atoms with E-state index in [1.165, 1.54) is 0 Å². The van der Waals surface area contributed by atoms with Gasteiger partial charge in [0.2, 0.25) is 0 Å². The first-order valence-corrected chi connectivity index (χ1v) is 6.22. The molecular formula is C12H23N3O2. The van der Waals surface area contributed by atoms with Crippen LogP contribution >= 0.6 is 0 Å². The van der Waals surface area contributed by atoms with Crippen molar-refractivity contribution in [1.29, 1.82) is 0 Å². The minimum absolute atomic E-state index is 0.0519. The van der Waals surface area contributed by atoms with Gasteiger partial charge in [0.1, 0.15) is 5.60 Å². The third-order valence-electron chi connectivity index (χ3n) is 3.48. The molecule has 5 nitrogen and oxygen atoms in total. The number of rotatable bonds is 2. The van der Waals surface area contributed by atoms with E-state index in [0.29, 0.717) is 12.6 Å². The number of carbonyl (C=O) groups excluding carboxylic acids is 1. The van der Waals surface area contributed by atoms with Crippen LogP contribution in [-0.4, -0.2) is 54.9 Å². The summed E-state index contributed by atoms with van der Waals surface area (Å²) < 4.78 is 5.24. The van der Waals surface area contributed by atoms with E-state index >= 15 is 0 Å². The summed E-state index contributed by atoms with van der Waals surface area (Å²) in [6, 6.07) is 0.621. The average Bonchev–Trinajstić information content (AvgIpc) is 2.69. The summed E-state index contributed by atoms with van der Waals surface area (Å²) in [5.41, 5.74) is -0.379. The van der Waals surface area contributed by atoms with Gasteiger partial charge in [0.15, 0.2) is 0 Å². The fraction of sp³-hybridized carbons (Fsp3) is 0.917. The van der Waals surface area contributed by atoms with Crippen LogP contribution in [0.5, 0.6) is 0 Å². The summed E-state index contributed by atoms with van der Waals surface area (Å²) in [6.07, 6.45) is 0.783. The van der Waals surface area contributed by atoms with Crippen LogP contribution in [0, 0.1) is 0 Å². The lowest BCUT2D eigenvalue weighted by Crippen LogP contribution is -2.56. The summed E-state index contributed by atoms with van der Waals surface area (Å²) in [6.45, 7) is 8.27. The normalized spacial score (nSPS) is 32.8. The maximum atomic E-state index is 11.6. The number of hydrogen-bond donors (Lipinski definition) is 2. The highest BCUT2D eigenvalue weighted by Gasteiger charge is 2.47. The monoisotopic (exact) mass is 241 g/mol. The molecular weight excluding hydrogens is 218 g/mol. The Balaban J connectivity index is 1.81. The van der Waals surface area contributed by atoms with Crippen LogP contribution in [0.25, 0.3) is 0 Å². The molecule has 2 atom stereocenters. The van der Waals surface area contributed by atoms with Gasteiger partial charge in [0.25, 0.3) is 0 Å². The van der Waals surface area contributed by atoms with Gasteiger partial charge in [-0.1, -0.05) is 0 Å². The smallest absolute Gasteiger partial charge is 0.407 e. The molecule has 2 aliphatic rings. The van der Waals surface area contributed by atoms with Crippen molar-refractivity contribution in [2.24, 2.45) is 0 Å². The fourth-order valence-electron chi connectivity index (χ4n) is 2.71. The van der Waals surface area contributed by atoms with E-state index in [4.69, 9.17) is 4.74 Å². The molecule has 0 aromatic heterocycles. The first-order chi connectivity index (χ1) is 7.80. The number of fused-ring (bicyclic) bond motifs is 2. The van der Waals surface area contributed by atoms with Crippen molar-refractivity contribution in [2.45, 2.75) is 44.4 Å². The molecule has 2 saturated heterocycles. The van der Waals surface area contributed by atoms with Crippen LogP contribution in [0.15, 0.2) is 0 Å². The predicted octanol–water partition coefficient (Wildman–Crippen LogP) is 0.557. The molecule has 2 bridgehead atoms. The molecule has 0 radical (unpaired) electrons. The lowest BCUT2D eigenvalue weighted by molar-refractivity contribution is 0.0510. The Morgan fingerprint density at radius 1 is 1.59 bits per heavy atom. The van der Waals surface area contributed by atoms with Crippen LogP contribution in [0.1, 0.15) is 27.2 Å². The third kappa shape index (κ3) is 2.90. The molecule has 0 spiro atoms. The van der Waals surface area contributed by atoms with E-state index in [1.54, 1.807) is 0 Å².